The normalized spacial score (nSPS) is 9.71. The van der Waals surface area contributed by atoms with Crippen LogP contribution < -0.4 is 10.6 Å². The summed E-state index contributed by atoms with van der Waals surface area (Å²) in [5.41, 5.74) is 0.674. The summed E-state index contributed by atoms with van der Waals surface area (Å²) in [5.74, 6) is -0.523. The Kier molecular flexibility index (Phi) is 4.52. The summed E-state index contributed by atoms with van der Waals surface area (Å²) in [6.07, 6.45) is 3.15. The molecule has 1 aromatic carbocycles. The summed E-state index contributed by atoms with van der Waals surface area (Å²) in [6.45, 7) is 0. The number of carbonyl (C=O) groups excluding carboxylic acids is 1. The summed E-state index contributed by atoms with van der Waals surface area (Å²) in [4.78, 5) is 25.9. The zero-order valence-corrected chi connectivity index (χ0v) is 11.5. The van der Waals surface area contributed by atoms with Gasteiger partial charge in [-0.3, -0.25) is 25.2 Å². The molecule has 0 aliphatic heterocycles. The average Bonchev–Trinajstić information content (AvgIpc) is 2.48. The second-order valence-corrected chi connectivity index (χ2v) is 4.36. The molecule has 2 aromatic rings. The number of benzene rings is 1. The molecule has 1 amide bonds. The van der Waals surface area contributed by atoms with Crippen LogP contribution in [0, 0.1) is 10.1 Å². The molecule has 2 N–H and O–H groups in total. The van der Waals surface area contributed by atoms with E-state index in [9.17, 15) is 14.9 Å². The number of thiocarbonyl (C=S) groups is 1. The maximum Gasteiger partial charge on any atom is 0.270 e. The lowest BCUT2D eigenvalue weighted by molar-refractivity contribution is -0.384. The van der Waals surface area contributed by atoms with Crippen LogP contribution in [0.1, 0.15) is 10.4 Å². The van der Waals surface area contributed by atoms with Crippen molar-refractivity contribution in [3.05, 3.63) is 64.5 Å². The Hall–Kier alpha value is -2.87. The average molecular weight is 302 g/mol. The minimum atomic E-state index is -0.565. The molecule has 21 heavy (non-hydrogen) atoms. The predicted octanol–water partition coefficient (Wildman–Crippen LogP) is 2.12. The van der Waals surface area contributed by atoms with Crippen LogP contribution in [0.25, 0.3) is 0 Å². The molecule has 0 saturated heterocycles. The molecule has 0 unspecified atom stereocenters. The maximum absolute atomic E-state index is 11.9. The van der Waals surface area contributed by atoms with Crippen molar-refractivity contribution in [2.75, 3.05) is 5.32 Å². The first-order valence-electron chi connectivity index (χ1n) is 5.83. The van der Waals surface area contributed by atoms with Gasteiger partial charge in [-0.05, 0) is 30.4 Å². The van der Waals surface area contributed by atoms with Gasteiger partial charge in [0.25, 0.3) is 11.6 Å². The number of hydrogen-bond acceptors (Lipinski definition) is 5. The molecule has 8 heteroatoms. The van der Waals surface area contributed by atoms with Crippen molar-refractivity contribution >= 4 is 34.6 Å². The topological polar surface area (TPSA) is 97.2 Å². The van der Waals surface area contributed by atoms with E-state index in [1.165, 1.54) is 24.3 Å². The first-order chi connectivity index (χ1) is 10.1. The Labute approximate surface area is 125 Å². The van der Waals surface area contributed by atoms with Gasteiger partial charge in [0.2, 0.25) is 0 Å². The number of aromatic nitrogens is 1. The van der Waals surface area contributed by atoms with Crippen molar-refractivity contribution in [2.45, 2.75) is 0 Å². The third kappa shape index (κ3) is 4.05. The monoisotopic (exact) mass is 302 g/mol. The smallest absolute Gasteiger partial charge is 0.270 e. The van der Waals surface area contributed by atoms with E-state index in [-0.39, 0.29) is 16.4 Å². The SMILES string of the molecule is O=C(NC(=S)Nc1ccncc1)c1cccc([N+](=O)[O-])c1. The van der Waals surface area contributed by atoms with Crippen LogP contribution in [0.2, 0.25) is 0 Å². The van der Waals surface area contributed by atoms with Gasteiger partial charge in [-0.1, -0.05) is 6.07 Å². The number of pyridine rings is 1. The molecular weight excluding hydrogens is 292 g/mol. The van der Waals surface area contributed by atoms with Crippen LogP contribution in [0.4, 0.5) is 11.4 Å². The van der Waals surface area contributed by atoms with Gasteiger partial charge in [-0.2, -0.15) is 0 Å². The van der Waals surface area contributed by atoms with Crippen LogP contribution in [-0.2, 0) is 0 Å². The van der Waals surface area contributed by atoms with Gasteiger partial charge in [0.15, 0.2) is 5.11 Å². The van der Waals surface area contributed by atoms with E-state index >= 15 is 0 Å². The minimum Gasteiger partial charge on any atom is -0.332 e. The second-order valence-electron chi connectivity index (χ2n) is 3.95. The molecule has 0 saturated carbocycles. The highest BCUT2D eigenvalue weighted by Crippen LogP contribution is 2.13. The Balaban J connectivity index is 2.02. The van der Waals surface area contributed by atoms with Crippen molar-refractivity contribution in [2.24, 2.45) is 0 Å². The van der Waals surface area contributed by atoms with Crippen LogP contribution >= 0.6 is 12.2 Å². The molecule has 2 rings (SSSR count). The van der Waals surface area contributed by atoms with Crippen molar-refractivity contribution in [3.8, 4) is 0 Å². The molecule has 0 fully saturated rings. The highest BCUT2D eigenvalue weighted by atomic mass is 32.1. The number of nitro benzene ring substituents is 1. The molecule has 0 spiro atoms. The lowest BCUT2D eigenvalue weighted by Gasteiger charge is -2.09. The molecule has 1 aromatic heterocycles. The molecule has 0 aliphatic carbocycles. The maximum atomic E-state index is 11.9. The summed E-state index contributed by atoms with van der Waals surface area (Å²) in [6, 6.07) is 8.77. The number of amides is 1. The fourth-order valence-electron chi connectivity index (χ4n) is 1.53. The highest BCUT2D eigenvalue weighted by molar-refractivity contribution is 7.80. The van der Waals surface area contributed by atoms with E-state index in [2.05, 4.69) is 15.6 Å². The molecule has 106 valence electrons. The third-order valence-electron chi connectivity index (χ3n) is 2.48. The van der Waals surface area contributed by atoms with Crippen LogP contribution in [0.15, 0.2) is 48.8 Å². The number of non-ortho nitro benzene ring substituents is 1. The van der Waals surface area contributed by atoms with E-state index in [1.807, 2.05) is 0 Å². The number of rotatable bonds is 3. The van der Waals surface area contributed by atoms with Crippen molar-refractivity contribution in [3.63, 3.8) is 0 Å². The van der Waals surface area contributed by atoms with E-state index in [1.54, 1.807) is 24.5 Å². The van der Waals surface area contributed by atoms with Crippen LogP contribution in [0.5, 0.6) is 0 Å². The fraction of sp³-hybridized carbons (Fsp3) is 0. The largest absolute Gasteiger partial charge is 0.332 e. The summed E-state index contributed by atoms with van der Waals surface area (Å²) < 4.78 is 0. The third-order valence-corrected chi connectivity index (χ3v) is 2.69. The van der Waals surface area contributed by atoms with Gasteiger partial charge in [0, 0.05) is 35.8 Å². The number of anilines is 1. The van der Waals surface area contributed by atoms with E-state index < -0.39 is 10.8 Å². The van der Waals surface area contributed by atoms with Gasteiger partial charge in [-0.25, -0.2) is 0 Å². The van der Waals surface area contributed by atoms with E-state index in [4.69, 9.17) is 12.2 Å². The Morgan fingerprint density at radius 1 is 1.24 bits per heavy atom. The standard InChI is InChI=1S/C13H10N4O3S/c18-12(9-2-1-3-11(8-9)17(19)20)16-13(21)15-10-4-6-14-7-5-10/h1-8H,(H2,14,15,16,18,21). The molecule has 0 bridgehead atoms. The van der Waals surface area contributed by atoms with Gasteiger partial charge >= 0.3 is 0 Å². The lowest BCUT2D eigenvalue weighted by Crippen LogP contribution is -2.34. The van der Waals surface area contributed by atoms with Crippen LogP contribution in [-0.4, -0.2) is 20.9 Å². The minimum absolute atomic E-state index is 0.0951. The van der Waals surface area contributed by atoms with E-state index in [0.717, 1.165) is 0 Å². The van der Waals surface area contributed by atoms with Crippen molar-refractivity contribution in [1.29, 1.82) is 0 Å². The van der Waals surface area contributed by atoms with E-state index in [0.29, 0.717) is 5.69 Å². The van der Waals surface area contributed by atoms with Gasteiger partial charge in [-0.15, -0.1) is 0 Å². The summed E-state index contributed by atoms with van der Waals surface area (Å²) in [5, 5.41) is 16.0. The Morgan fingerprint density at radius 2 is 1.95 bits per heavy atom. The first-order valence-corrected chi connectivity index (χ1v) is 6.24. The van der Waals surface area contributed by atoms with Crippen molar-refractivity contribution in [1.82, 2.24) is 10.3 Å². The van der Waals surface area contributed by atoms with Gasteiger partial charge < -0.3 is 5.32 Å². The molecule has 0 radical (unpaired) electrons. The highest BCUT2D eigenvalue weighted by Gasteiger charge is 2.12. The van der Waals surface area contributed by atoms with Crippen molar-refractivity contribution < 1.29 is 9.72 Å². The Bertz CT molecular complexity index is 691. The number of nitrogens with zero attached hydrogens (tertiary/aromatic N) is 2. The number of carbonyl (C=O) groups is 1. The molecule has 7 nitrogen and oxygen atoms in total. The molecule has 0 atom stereocenters. The zero-order valence-electron chi connectivity index (χ0n) is 10.6. The predicted molar refractivity (Wildman–Crippen MR) is 81.0 cm³/mol. The fourth-order valence-corrected chi connectivity index (χ4v) is 1.74. The summed E-state index contributed by atoms with van der Waals surface area (Å²) in [7, 11) is 0. The Morgan fingerprint density at radius 3 is 2.62 bits per heavy atom. The second kappa shape index (κ2) is 6.53. The molecule has 1 heterocycles. The zero-order chi connectivity index (χ0) is 15.2. The molecular formula is C13H10N4O3S. The number of nitrogens with one attached hydrogen (secondary N) is 2. The van der Waals surface area contributed by atoms with Gasteiger partial charge in [0.1, 0.15) is 0 Å². The first kappa shape index (κ1) is 14.5. The molecule has 0 aliphatic rings. The summed E-state index contributed by atoms with van der Waals surface area (Å²) >= 11 is 5.00. The van der Waals surface area contributed by atoms with Crippen LogP contribution in [0.3, 0.4) is 0 Å². The lowest BCUT2D eigenvalue weighted by atomic mass is 10.2. The van der Waals surface area contributed by atoms with Gasteiger partial charge in [0.05, 0.1) is 4.92 Å². The number of hydrogen-bond donors (Lipinski definition) is 2. The quantitative estimate of drug-likeness (QED) is 0.512. The number of nitro groups is 1.